The van der Waals surface area contributed by atoms with E-state index < -0.39 is 0 Å². The number of ether oxygens (including phenoxy) is 1. The Morgan fingerprint density at radius 2 is 1.87 bits per heavy atom. The van der Waals surface area contributed by atoms with Gasteiger partial charge in [-0.3, -0.25) is 0 Å². The molecule has 2 rings (SSSR count). The summed E-state index contributed by atoms with van der Waals surface area (Å²) in [7, 11) is 0. The van der Waals surface area contributed by atoms with Crippen LogP contribution in [0.1, 0.15) is 25.7 Å². The maximum Gasteiger partial charge on any atom is 0.0469 e. The molecule has 1 aliphatic heterocycles. The van der Waals surface area contributed by atoms with Gasteiger partial charge in [-0.25, -0.2) is 0 Å². The van der Waals surface area contributed by atoms with Crippen molar-refractivity contribution in [2.75, 3.05) is 37.8 Å². The van der Waals surface area contributed by atoms with E-state index in [9.17, 15) is 0 Å². The Hall–Kier alpha value is 0.270. The third-order valence-electron chi connectivity index (χ3n) is 3.25. The van der Waals surface area contributed by atoms with Gasteiger partial charge in [0, 0.05) is 25.5 Å². The van der Waals surface area contributed by atoms with E-state index in [1.807, 2.05) is 0 Å². The highest BCUT2D eigenvalue weighted by Gasteiger charge is 2.20. The molecule has 2 aliphatic rings. The second-order valence-corrected chi connectivity index (χ2v) is 5.93. The van der Waals surface area contributed by atoms with Crippen molar-refractivity contribution in [1.82, 2.24) is 5.32 Å². The van der Waals surface area contributed by atoms with Gasteiger partial charge in [0.1, 0.15) is 0 Å². The SMILES string of the molecule is C(CSCC1CC1)NCC1CCOCC1. The summed E-state index contributed by atoms with van der Waals surface area (Å²) in [4.78, 5) is 0. The van der Waals surface area contributed by atoms with Crippen LogP contribution in [-0.4, -0.2) is 37.8 Å². The van der Waals surface area contributed by atoms with Crippen LogP contribution in [0.2, 0.25) is 0 Å². The van der Waals surface area contributed by atoms with Crippen LogP contribution < -0.4 is 5.32 Å². The van der Waals surface area contributed by atoms with Crippen molar-refractivity contribution < 1.29 is 4.74 Å². The minimum Gasteiger partial charge on any atom is -0.381 e. The van der Waals surface area contributed by atoms with Crippen molar-refractivity contribution >= 4 is 11.8 Å². The molecule has 1 N–H and O–H groups in total. The second kappa shape index (κ2) is 6.77. The fourth-order valence-electron chi connectivity index (χ4n) is 1.94. The fourth-order valence-corrected chi connectivity index (χ4v) is 3.06. The van der Waals surface area contributed by atoms with Gasteiger partial charge in [0.2, 0.25) is 0 Å². The molecule has 0 radical (unpaired) electrons. The van der Waals surface area contributed by atoms with Crippen molar-refractivity contribution in [3.05, 3.63) is 0 Å². The largest absolute Gasteiger partial charge is 0.381 e. The molecule has 0 aromatic carbocycles. The zero-order valence-corrected chi connectivity index (χ0v) is 10.4. The first-order valence-electron chi connectivity index (χ1n) is 6.31. The van der Waals surface area contributed by atoms with Gasteiger partial charge < -0.3 is 10.1 Å². The predicted octanol–water partition coefficient (Wildman–Crippen LogP) is 2.15. The van der Waals surface area contributed by atoms with Gasteiger partial charge in [0.15, 0.2) is 0 Å². The third-order valence-corrected chi connectivity index (χ3v) is 4.45. The van der Waals surface area contributed by atoms with Gasteiger partial charge >= 0.3 is 0 Å². The topological polar surface area (TPSA) is 21.3 Å². The molecule has 88 valence electrons. The van der Waals surface area contributed by atoms with Gasteiger partial charge in [-0.15, -0.1) is 0 Å². The zero-order chi connectivity index (χ0) is 10.3. The van der Waals surface area contributed by atoms with Crippen molar-refractivity contribution in [1.29, 1.82) is 0 Å². The molecule has 2 nitrogen and oxygen atoms in total. The summed E-state index contributed by atoms with van der Waals surface area (Å²) in [6, 6.07) is 0. The number of hydrogen-bond acceptors (Lipinski definition) is 3. The molecule has 0 spiro atoms. The Kier molecular flexibility index (Phi) is 5.30. The number of hydrogen-bond donors (Lipinski definition) is 1. The summed E-state index contributed by atoms with van der Waals surface area (Å²) in [6.45, 7) is 4.34. The maximum absolute atomic E-state index is 5.35. The van der Waals surface area contributed by atoms with Crippen molar-refractivity contribution in [2.24, 2.45) is 11.8 Å². The van der Waals surface area contributed by atoms with Crippen LogP contribution in [0, 0.1) is 11.8 Å². The van der Waals surface area contributed by atoms with Gasteiger partial charge in [0.05, 0.1) is 0 Å². The quantitative estimate of drug-likeness (QED) is 0.676. The summed E-state index contributed by atoms with van der Waals surface area (Å²) < 4.78 is 5.35. The fraction of sp³-hybridized carbons (Fsp3) is 1.00. The first-order chi connectivity index (χ1) is 7.45. The molecule has 0 unspecified atom stereocenters. The Balaban J connectivity index is 1.37. The summed E-state index contributed by atoms with van der Waals surface area (Å²) in [5, 5.41) is 3.57. The molecular formula is C12H23NOS. The van der Waals surface area contributed by atoms with Crippen LogP contribution in [0.15, 0.2) is 0 Å². The Labute approximate surface area is 97.5 Å². The normalized spacial score (nSPS) is 23.2. The highest BCUT2D eigenvalue weighted by molar-refractivity contribution is 7.99. The molecule has 0 aromatic heterocycles. The monoisotopic (exact) mass is 229 g/mol. The van der Waals surface area contributed by atoms with Gasteiger partial charge in [-0.05, 0) is 49.8 Å². The molecule has 1 saturated heterocycles. The predicted molar refractivity (Wildman–Crippen MR) is 66.5 cm³/mol. The molecule has 0 amide bonds. The van der Waals surface area contributed by atoms with Crippen LogP contribution in [0.25, 0.3) is 0 Å². The molecule has 2 fully saturated rings. The summed E-state index contributed by atoms with van der Waals surface area (Å²) in [5.41, 5.74) is 0. The summed E-state index contributed by atoms with van der Waals surface area (Å²) in [6.07, 6.45) is 5.48. The van der Waals surface area contributed by atoms with Gasteiger partial charge in [0.25, 0.3) is 0 Å². The van der Waals surface area contributed by atoms with Crippen LogP contribution in [0.4, 0.5) is 0 Å². The zero-order valence-electron chi connectivity index (χ0n) is 9.54. The molecule has 15 heavy (non-hydrogen) atoms. The molecule has 1 aliphatic carbocycles. The third kappa shape index (κ3) is 5.23. The van der Waals surface area contributed by atoms with Crippen LogP contribution in [0.5, 0.6) is 0 Å². The lowest BCUT2D eigenvalue weighted by Crippen LogP contribution is -2.29. The molecule has 0 bridgehead atoms. The molecule has 0 aromatic rings. The highest BCUT2D eigenvalue weighted by Crippen LogP contribution is 2.32. The average molecular weight is 229 g/mol. The van der Waals surface area contributed by atoms with Crippen LogP contribution in [-0.2, 0) is 4.74 Å². The average Bonchev–Trinajstić information content (AvgIpc) is 3.09. The van der Waals surface area contributed by atoms with E-state index in [2.05, 4.69) is 17.1 Å². The Morgan fingerprint density at radius 1 is 1.07 bits per heavy atom. The minimum absolute atomic E-state index is 0.868. The van der Waals surface area contributed by atoms with Crippen molar-refractivity contribution in [3.63, 3.8) is 0 Å². The van der Waals surface area contributed by atoms with E-state index in [-0.39, 0.29) is 0 Å². The standard InChI is InChI=1S/C12H23NOS/c1-2-12(1)10-15-8-5-13-9-11-3-6-14-7-4-11/h11-13H,1-10H2. The first-order valence-corrected chi connectivity index (χ1v) is 7.47. The van der Waals surface area contributed by atoms with E-state index in [4.69, 9.17) is 4.74 Å². The molecule has 1 heterocycles. The lowest BCUT2D eigenvalue weighted by molar-refractivity contribution is 0.0665. The van der Waals surface area contributed by atoms with E-state index in [1.165, 1.54) is 50.3 Å². The van der Waals surface area contributed by atoms with E-state index in [1.54, 1.807) is 0 Å². The lowest BCUT2D eigenvalue weighted by atomic mass is 10.0. The minimum atomic E-state index is 0.868. The van der Waals surface area contributed by atoms with E-state index >= 15 is 0 Å². The molecular weight excluding hydrogens is 206 g/mol. The number of nitrogens with one attached hydrogen (secondary N) is 1. The molecule has 0 atom stereocenters. The van der Waals surface area contributed by atoms with Gasteiger partial charge in [-0.1, -0.05) is 0 Å². The van der Waals surface area contributed by atoms with Gasteiger partial charge in [-0.2, -0.15) is 11.8 Å². The lowest BCUT2D eigenvalue weighted by Gasteiger charge is -2.22. The van der Waals surface area contributed by atoms with Crippen LogP contribution in [0.3, 0.4) is 0 Å². The second-order valence-electron chi connectivity index (χ2n) is 4.78. The Morgan fingerprint density at radius 3 is 2.60 bits per heavy atom. The summed E-state index contributed by atoms with van der Waals surface area (Å²) in [5.74, 6) is 4.64. The smallest absolute Gasteiger partial charge is 0.0469 e. The number of thioether (sulfide) groups is 1. The Bertz CT molecular complexity index is 167. The van der Waals surface area contributed by atoms with Crippen LogP contribution >= 0.6 is 11.8 Å². The molecule has 1 saturated carbocycles. The maximum atomic E-state index is 5.35. The van der Waals surface area contributed by atoms with Crippen molar-refractivity contribution in [3.8, 4) is 0 Å². The van der Waals surface area contributed by atoms with E-state index in [0.29, 0.717) is 0 Å². The number of rotatable bonds is 7. The highest BCUT2D eigenvalue weighted by atomic mass is 32.2. The first kappa shape index (κ1) is 11.7. The van der Waals surface area contributed by atoms with E-state index in [0.717, 1.165) is 25.0 Å². The molecule has 3 heteroatoms. The van der Waals surface area contributed by atoms with Crippen molar-refractivity contribution in [2.45, 2.75) is 25.7 Å². The summed E-state index contributed by atoms with van der Waals surface area (Å²) >= 11 is 2.12.